The van der Waals surface area contributed by atoms with Gasteiger partial charge < -0.3 is 10.2 Å². The number of aromatic nitrogens is 4. The van der Waals surface area contributed by atoms with E-state index in [1.165, 1.54) is 12.1 Å². The van der Waals surface area contributed by atoms with Gasteiger partial charge >= 0.3 is 0 Å². The Morgan fingerprint density at radius 2 is 1.97 bits per heavy atom. The molecule has 0 radical (unpaired) electrons. The number of benzene rings is 2. The van der Waals surface area contributed by atoms with E-state index in [-0.39, 0.29) is 12.4 Å². The smallest absolute Gasteiger partial charge is 0.214 e. The average Bonchev–Trinajstić information content (AvgIpc) is 3.13. The van der Waals surface area contributed by atoms with Crippen LogP contribution in [0.2, 0.25) is 5.02 Å². The van der Waals surface area contributed by atoms with Gasteiger partial charge in [-0.3, -0.25) is 4.98 Å². The molecule has 2 aromatic carbocycles. The van der Waals surface area contributed by atoms with Gasteiger partial charge in [-0.25, -0.2) is 14.2 Å². The first-order valence-corrected chi connectivity index (χ1v) is 9.86. The second-order valence-corrected chi connectivity index (χ2v) is 7.22. The quantitative estimate of drug-likeness (QED) is 0.390. The topological polar surface area (TPSA) is 67.8 Å². The molecule has 0 aliphatic carbocycles. The van der Waals surface area contributed by atoms with Crippen LogP contribution in [0.4, 0.5) is 4.39 Å². The first kappa shape index (κ1) is 20.1. The third kappa shape index (κ3) is 4.67. The SMILES string of the molecule is Fc1ccc(COc2cccc(CNn3c(-c4ccncc4)n[nH]c3=S)c2)c(Cl)c1. The average molecular weight is 442 g/mol. The number of hydrogen-bond acceptors (Lipinski definition) is 5. The second kappa shape index (κ2) is 9.06. The lowest BCUT2D eigenvalue weighted by atomic mass is 10.2. The van der Waals surface area contributed by atoms with Gasteiger partial charge in [-0.05, 0) is 54.2 Å². The van der Waals surface area contributed by atoms with Gasteiger partial charge in [-0.2, -0.15) is 5.10 Å². The molecule has 0 saturated heterocycles. The summed E-state index contributed by atoms with van der Waals surface area (Å²) in [7, 11) is 0. The second-order valence-electron chi connectivity index (χ2n) is 6.43. The lowest BCUT2D eigenvalue weighted by Crippen LogP contribution is -2.16. The highest BCUT2D eigenvalue weighted by Gasteiger charge is 2.09. The highest BCUT2D eigenvalue weighted by Crippen LogP contribution is 2.21. The van der Waals surface area contributed by atoms with Crippen molar-refractivity contribution in [2.24, 2.45) is 0 Å². The molecule has 6 nitrogen and oxygen atoms in total. The van der Waals surface area contributed by atoms with Crippen molar-refractivity contribution in [3.05, 3.63) is 93.7 Å². The van der Waals surface area contributed by atoms with E-state index in [2.05, 4.69) is 20.6 Å². The van der Waals surface area contributed by atoms with E-state index in [0.717, 1.165) is 11.1 Å². The summed E-state index contributed by atoms with van der Waals surface area (Å²) in [4.78, 5) is 4.03. The van der Waals surface area contributed by atoms with Crippen LogP contribution >= 0.6 is 23.8 Å². The normalized spacial score (nSPS) is 10.7. The van der Waals surface area contributed by atoms with Crippen LogP contribution < -0.4 is 10.2 Å². The maximum absolute atomic E-state index is 13.2. The highest BCUT2D eigenvalue weighted by atomic mass is 35.5. The Labute approximate surface area is 182 Å². The number of pyridine rings is 1. The summed E-state index contributed by atoms with van der Waals surface area (Å²) < 4.78 is 21.2. The molecule has 0 amide bonds. The molecule has 2 heterocycles. The van der Waals surface area contributed by atoms with Crippen molar-refractivity contribution in [1.82, 2.24) is 19.9 Å². The fraction of sp³-hybridized carbons (Fsp3) is 0.0952. The van der Waals surface area contributed by atoms with E-state index in [9.17, 15) is 4.39 Å². The molecule has 4 aromatic rings. The summed E-state index contributed by atoms with van der Waals surface area (Å²) in [5.74, 6) is 0.974. The first-order chi connectivity index (χ1) is 14.6. The molecule has 2 aromatic heterocycles. The standard InChI is InChI=1S/C21H17ClFN5OS/c22-19-11-17(23)5-4-16(19)13-29-18-3-1-2-14(10-18)12-25-28-20(26-27-21(28)30)15-6-8-24-9-7-15/h1-11,25H,12-13H2,(H,27,30). The summed E-state index contributed by atoms with van der Waals surface area (Å²) in [5.41, 5.74) is 5.86. The van der Waals surface area contributed by atoms with Gasteiger partial charge in [0.2, 0.25) is 4.77 Å². The van der Waals surface area contributed by atoms with Crippen LogP contribution in [0.1, 0.15) is 11.1 Å². The molecule has 0 aliphatic heterocycles. The summed E-state index contributed by atoms with van der Waals surface area (Å²) in [5, 5.41) is 7.42. The van der Waals surface area contributed by atoms with Crippen LogP contribution in [0.3, 0.4) is 0 Å². The number of nitrogens with one attached hydrogen (secondary N) is 2. The van der Waals surface area contributed by atoms with Gasteiger partial charge in [0.05, 0.1) is 11.6 Å². The Morgan fingerprint density at radius 3 is 2.77 bits per heavy atom. The molecular weight excluding hydrogens is 425 g/mol. The molecule has 2 N–H and O–H groups in total. The lowest BCUT2D eigenvalue weighted by molar-refractivity contribution is 0.306. The van der Waals surface area contributed by atoms with Gasteiger partial charge in [0.15, 0.2) is 5.82 Å². The maximum Gasteiger partial charge on any atom is 0.214 e. The predicted octanol–water partition coefficient (Wildman–Crippen LogP) is 5.12. The monoisotopic (exact) mass is 441 g/mol. The van der Waals surface area contributed by atoms with E-state index < -0.39 is 0 Å². The van der Waals surface area contributed by atoms with E-state index in [1.54, 1.807) is 23.1 Å². The van der Waals surface area contributed by atoms with E-state index >= 15 is 0 Å². The largest absolute Gasteiger partial charge is 0.489 e. The number of halogens is 2. The number of nitrogens with zero attached hydrogens (tertiary/aromatic N) is 3. The molecule has 0 aliphatic rings. The molecule has 9 heteroatoms. The molecule has 0 atom stereocenters. The fourth-order valence-corrected chi connectivity index (χ4v) is 3.27. The third-order valence-electron chi connectivity index (χ3n) is 4.36. The number of rotatable bonds is 7. The Morgan fingerprint density at radius 1 is 1.13 bits per heavy atom. The molecule has 0 fully saturated rings. The van der Waals surface area contributed by atoms with Crippen LogP contribution in [0.25, 0.3) is 11.4 Å². The van der Waals surface area contributed by atoms with E-state index in [0.29, 0.717) is 33.5 Å². The number of aromatic amines is 1. The van der Waals surface area contributed by atoms with Crippen LogP contribution in [-0.2, 0) is 13.2 Å². The van der Waals surface area contributed by atoms with Gasteiger partial charge in [0.25, 0.3) is 0 Å². The van der Waals surface area contributed by atoms with Crippen LogP contribution in [0, 0.1) is 10.6 Å². The first-order valence-electron chi connectivity index (χ1n) is 9.07. The van der Waals surface area contributed by atoms with Crippen molar-refractivity contribution in [2.45, 2.75) is 13.2 Å². The predicted molar refractivity (Wildman–Crippen MR) is 116 cm³/mol. The molecule has 4 rings (SSSR count). The Balaban J connectivity index is 1.44. The minimum atomic E-state index is -0.374. The number of ether oxygens (including phenoxy) is 1. The highest BCUT2D eigenvalue weighted by molar-refractivity contribution is 7.71. The number of hydrogen-bond donors (Lipinski definition) is 2. The van der Waals surface area contributed by atoms with Crippen molar-refractivity contribution >= 4 is 23.8 Å². The van der Waals surface area contributed by atoms with Crippen molar-refractivity contribution in [2.75, 3.05) is 5.43 Å². The van der Waals surface area contributed by atoms with Crippen molar-refractivity contribution < 1.29 is 9.13 Å². The Bertz CT molecular complexity index is 1210. The van der Waals surface area contributed by atoms with Gasteiger partial charge in [-0.1, -0.05) is 29.8 Å². The van der Waals surface area contributed by atoms with Crippen molar-refractivity contribution in [3.63, 3.8) is 0 Å². The zero-order valence-corrected chi connectivity index (χ0v) is 17.3. The van der Waals surface area contributed by atoms with E-state index in [4.69, 9.17) is 28.6 Å². The molecule has 152 valence electrons. The Hall–Kier alpha value is -3.23. The fourth-order valence-electron chi connectivity index (χ4n) is 2.85. The maximum atomic E-state index is 13.2. The van der Waals surface area contributed by atoms with Gasteiger partial charge in [-0.15, -0.1) is 0 Å². The summed E-state index contributed by atoms with van der Waals surface area (Å²) in [6.07, 6.45) is 3.40. The molecular formula is C21H17ClFN5OS. The summed E-state index contributed by atoms with van der Waals surface area (Å²) in [6.45, 7) is 0.745. The molecule has 30 heavy (non-hydrogen) atoms. The summed E-state index contributed by atoms with van der Waals surface area (Å²) >= 11 is 11.4. The minimum absolute atomic E-state index is 0.245. The van der Waals surface area contributed by atoms with Crippen molar-refractivity contribution in [1.29, 1.82) is 0 Å². The Kier molecular flexibility index (Phi) is 6.06. The lowest BCUT2D eigenvalue weighted by Gasteiger charge is -2.12. The molecule has 0 unspecified atom stereocenters. The van der Waals surface area contributed by atoms with Gasteiger partial charge in [0, 0.05) is 23.5 Å². The number of H-pyrrole nitrogens is 1. The zero-order valence-electron chi connectivity index (χ0n) is 15.7. The van der Waals surface area contributed by atoms with Crippen LogP contribution in [0.5, 0.6) is 5.75 Å². The summed E-state index contributed by atoms with van der Waals surface area (Å²) in [6, 6.07) is 15.6. The van der Waals surface area contributed by atoms with Gasteiger partial charge in [0.1, 0.15) is 18.2 Å². The van der Waals surface area contributed by atoms with Crippen LogP contribution in [0.15, 0.2) is 67.0 Å². The van der Waals surface area contributed by atoms with Crippen molar-refractivity contribution in [3.8, 4) is 17.1 Å². The molecule has 0 bridgehead atoms. The van der Waals surface area contributed by atoms with E-state index in [1.807, 2.05) is 36.4 Å². The molecule has 0 spiro atoms. The zero-order chi connectivity index (χ0) is 20.9. The third-order valence-corrected chi connectivity index (χ3v) is 4.99. The molecule has 0 saturated carbocycles. The minimum Gasteiger partial charge on any atom is -0.489 e. The van der Waals surface area contributed by atoms with Crippen LogP contribution in [-0.4, -0.2) is 19.9 Å².